The average Bonchev–Trinajstić information content (AvgIpc) is 2.48. The Morgan fingerprint density at radius 2 is 1.95 bits per heavy atom. The van der Waals surface area contributed by atoms with Crippen molar-refractivity contribution < 1.29 is 9.13 Å². The van der Waals surface area contributed by atoms with E-state index in [2.05, 4.69) is 5.32 Å². The summed E-state index contributed by atoms with van der Waals surface area (Å²) in [4.78, 5) is 1.92. The van der Waals surface area contributed by atoms with E-state index in [-0.39, 0.29) is 5.82 Å². The van der Waals surface area contributed by atoms with Gasteiger partial charge in [-0.2, -0.15) is 0 Å². The minimum absolute atomic E-state index is 0.233. The molecule has 0 bridgehead atoms. The van der Waals surface area contributed by atoms with E-state index in [9.17, 15) is 4.39 Å². The molecule has 2 aromatic carbocycles. The van der Waals surface area contributed by atoms with Crippen LogP contribution in [-0.4, -0.2) is 20.3 Å². The summed E-state index contributed by atoms with van der Waals surface area (Å²) >= 11 is 7.83. The lowest BCUT2D eigenvalue weighted by molar-refractivity contribution is 0.199. The van der Waals surface area contributed by atoms with Crippen LogP contribution in [0.4, 0.5) is 4.39 Å². The fraction of sp³-hybridized carbons (Fsp3) is 0.250. The van der Waals surface area contributed by atoms with Crippen molar-refractivity contribution in [2.75, 3.05) is 20.3 Å². The number of hydrogen-bond donors (Lipinski definition) is 1. The van der Waals surface area contributed by atoms with Gasteiger partial charge in [0, 0.05) is 30.0 Å². The lowest BCUT2D eigenvalue weighted by Gasteiger charge is -2.08. The Kier molecular flexibility index (Phi) is 6.51. The van der Waals surface area contributed by atoms with Crippen LogP contribution < -0.4 is 5.32 Å². The molecule has 0 saturated carbocycles. The van der Waals surface area contributed by atoms with Gasteiger partial charge in [0.25, 0.3) is 0 Å². The summed E-state index contributed by atoms with van der Waals surface area (Å²) in [6, 6.07) is 12.4. The van der Waals surface area contributed by atoms with Crippen LogP contribution in [0.25, 0.3) is 0 Å². The Balaban J connectivity index is 1.97. The zero-order chi connectivity index (χ0) is 15.1. The SMILES string of the molecule is COCCNCc1ccc(Sc2ccc(F)cc2)c(Cl)c1. The highest BCUT2D eigenvalue weighted by Crippen LogP contribution is 2.33. The van der Waals surface area contributed by atoms with Gasteiger partial charge in [0.1, 0.15) is 5.82 Å². The van der Waals surface area contributed by atoms with E-state index in [1.54, 1.807) is 19.2 Å². The van der Waals surface area contributed by atoms with Crippen molar-refractivity contribution in [2.45, 2.75) is 16.3 Å². The molecule has 0 fully saturated rings. The fourth-order valence-corrected chi connectivity index (χ4v) is 2.91. The molecule has 2 rings (SSSR count). The van der Waals surface area contributed by atoms with Gasteiger partial charge in [-0.3, -0.25) is 0 Å². The topological polar surface area (TPSA) is 21.3 Å². The minimum Gasteiger partial charge on any atom is -0.383 e. The van der Waals surface area contributed by atoms with Gasteiger partial charge in [0.05, 0.1) is 11.6 Å². The first-order chi connectivity index (χ1) is 10.2. The first-order valence-corrected chi connectivity index (χ1v) is 7.80. The molecule has 0 aliphatic heterocycles. The molecule has 5 heteroatoms. The molecule has 0 saturated heterocycles. The van der Waals surface area contributed by atoms with Gasteiger partial charge in [-0.15, -0.1) is 0 Å². The van der Waals surface area contributed by atoms with Crippen LogP contribution in [0.5, 0.6) is 0 Å². The molecule has 1 N–H and O–H groups in total. The zero-order valence-corrected chi connectivity index (χ0v) is 13.3. The van der Waals surface area contributed by atoms with Gasteiger partial charge in [0.2, 0.25) is 0 Å². The molecule has 2 aromatic rings. The fourth-order valence-electron chi connectivity index (χ4n) is 1.77. The van der Waals surface area contributed by atoms with Crippen molar-refractivity contribution in [3.05, 3.63) is 58.9 Å². The summed E-state index contributed by atoms with van der Waals surface area (Å²) < 4.78 is 17.9. The number of halogens is 2. The summed E-state index contributed by atoms with van der Waals surface area (Å²) in [6.45, 7) is 2.25. The third kappa shape index (κ3) is 5.32. The zero-order valence-electron chi connectivity index (χ0n) is 11.7. The Labute approximate surface area is 133 Å². The first kappa shape index (κ1) is 16.3. The van der Waals surface area contributed by atoms with E-state index < -0.39 is 0 Å². The third-order valence-electron chi connectivity index (χ3n) is 2.85. The van der Waals surface area contributed by atoms with E-state index in [1.807, 2.05) is 18.2 Å². The average molecular weight is 326 g/mol. The lowest BCUT2D eigenvalue weighted by Crippen LogP contribution is -2.18. The molecular weight excluding hydrogens is 309 g/mol. The second-order valence-electron chi connectivity index (χ2n) is 4.49. The maximum atomic E-state index is 12.9. The lowest BCUT2D eigenvalue weighted by atomic mass is 10.2. The van der Waals surface area contributed by atoms with Crippen LogP contribution >= 0.6 is 23.4 Å². The van der Waals surface area contributed by atoms with Crippen molar-refractivity contribution in [1.82, 2.24) is 5.32 Å². The second kappa shape index (κ2) is 8.39. The van der Waals surface area contributed by atoms with Crippen LogP contribution in [0.2, 0.25) is 5.02 Å². The number of ether oxygens (including phenoxy) is 1. The summed E-state index contributed by atoms with van der Waals surface area (Å²) in [7, 11) is 1.68. The van der Waals surface area contributed by atoms with Gasteiger partial charge in [-0.05, 0) is 42.0 Å². The molecule has 112 valence electrons. The predicted octanol–water partition coefficient (Wildman–Crippen LogP) is 4.37. The van der Waals surface area contributed by atoms with Crippen molar-refractivity contribution in [2.24, 2.45) is 0 Å². The van der Waals surface area contributed by atoms with Gasteiger partial charge < -0.3 is 10.1 Å². The molecule has 0 radical (unpaired) electrons. The van der Waals surface area contributed by atoms with Crippen LogP contribution in [0.1, 0.15) is 5.56 Å². The molecule has 0 aliphatic rings. The number of rotatable bonds is 7. The smallest absolute Gasteiger partial charge is 0.123 e. The molecule has 21 heavy (non-hydrogen) atoms. The molecular formula is C16H17ClFNOS. The van der Waals surface area contributed by atoms with Crippen molar-refractivity contribution in [3.8, 4) is 0 Å². The molecule has 2 nitrogen and oxygen atoms in total. The molecule has 0 atom stereocenters. The Morgan fingerprint density at radius 1 is 1.19 bits per heavy atom. The number of hydrogen-bond acceptors (Lipinski definition) is 3. The normalized spacial score (nSPS) is 10.8. The van der Waals surface area contributed by atoms with E-state index in [1.165, 1.54) is 23.9 Å². The van der Waals surface area contributed by atoms with Gasteiger partial charge >= 0.3 is 0 Å². The number of methoxy groups -OCH3 is 1. The van der Waals surface area contributed by atoms with E-state index in [4.69, 9.17) is 16.3 Å². The van der Waals surface area contributed by atoms with Crippen molar-refractivity contribution in [1.29, 1.82) is 0 Å². The monoisotopic (exact) mass is 325 g/mol. The highest BCUT2D eigenvalue weighted by molar-refractivity contribution is 7.99. The van der Waals surface area contributed by atoms with E-state index in [0.717, 1.165) is 28.4 Å². The predicted molar refractivity (Wildman–Crippen MR) is 85.6 cm³/mol. The maximum absolute atomic E-state index is 12.9. The Morgan fingerprint density at radius 3 is 2.62 bits per heavy atom. The summed E-state index contributed by atoms with van der Waals surface area (Å²) in [5.41, 5.74) is 1.12. The minimum atomic E-state index is -0.233. The van der Waals surface area contributed by atoms with Gasteiger partial charge in [-0.25, -0.2) is 4.39 Å². The van der Waals surface area contributed by atoms with Crippen LogP contribution in [0, 0.1) is 5.82 Å². The molecule has 0 amide bonds. The van der Waals surface area contributed by atoms with Crippen LogP contribution in [-0.2, 0) is 11.3 Å². The Hall–Kier alpha value is -1.07. The standard InChI is InChI=1S/C16H17ClFNOS/c1-20-9-8-19-11-12-2-7-16(15(17)10-12)21-14-5-3-13(18)4-6-14/h2-7,10,19H,8-9,11H2,1H3. The molecule has 0 spiro atoms. The van der Waals surface area contributed by atoms with Crippen LogP contribution in [0.3, 0.4) is 0 Å². The first-order valence-electron chi connectivity index (χ1n) is 6.60. The molecule has 0 unspecified atom stereocenters. The van der Waals surface area contributed by atoms with Gasteiger partial charge in [0.15, 0.2) is 0 Å². The summed E-state index contributed by atoms with van der Waals surface area (Å²) in [5.74, 6) is -0.233. The highest BCUT2D eigenvalue weighted by Gasteiger charge is 2.04. The van der Waals surface area contributed by atoms with Crippen LogP contribution in [0.15, 0.2) is 52.3 Å². The second-order valence-corrected chi connectivity index (χ2v) is 6.01. The van der Waals surface area contributed by atoms with Crippen molar-refractivity contribution >= 4 is 23.4 Å². The number of nitrogens with one attached hydrogen (secondary N) is 1. The van der Waals surface area contributed by atoms with Gasteiger partial charge in [-0.1, -0.05) is 29.4 Å². The van der Waals surface area contributed by atoms with E-state index in [0.29, 0.717) is 11.6 Å². The highest BCUT2D eigenvalue weighted by atomic mass is 35.5. The van der Waals surface area contributed by atoms with E-state index >= 15 is 0 Å². The maximum Gasteiger partial charge on any atom is 0.123 e. The molecule has 0 heterocycles. The summed E-state index contributed by atoms with van der Waals surface area (Å²) in [5, 5.41) is 3.98. The number of benzene rings is 2. The third-order valence-corrected chi connectivity index (χ3v) is 4.36. The largest absolute Gasteiger partial charge is 0.383 e. The molecule has 0 aromatic heterocycles. The Bertz CT molecular complexity index is 577. The quantitative estimate of drug-likeness (QED) is 0.764. The summed E-state index contributed by atoms with van der Waals surface area (Å²) in [6.07, 6.45) is 0. The van der Waals surface area contributed by atoms with Crippen molar-refractivity contribution in [3.63, 3.8) is 0 Å². The molecule has 0 aliphatic carbocycles.